The number of phosphoric ester groups is 2. The number of aliphatic hydroxyl groups is 2. The molecule has 44 heteroatoms. The molecule has 4 rings (SSSR count). The standard InChI is InChI=1S/C9H13F3N3O12P3S.C9H12F3N2O12P3S2/c10-2-9(12)4(16)6(24-7(9)15-1-3(11)5(13)14-8(15)31)25-29(20,21)27-30(22,23)26-28(17,18)19;10-2-9(12)4(15)6(23-7(9)14-1-3(11)5(30)13-8(14)31)24-28(19,20)26-29(21,22)25-27(16,17)18/h1,4,6-7,16H,2H2,(H,20,21)(H,22,23)(H2,13,14,31)(H2,17,18,19);1,4,6-7,15H,2H2,(H,19,20)(H,21,22)(H,13,30,31)(H2,16,17,18)/t2*4-,6+,7+,9?/m00/s1. The minimum absolute atomic E-state index is 0.365. The van der Waals surface area contributed by atoms with Crippen LogP contribution in [0.15, 0.2) is 12.4 Å². The minimum atomic E-state index is -5.95. The second-order valence-electron chi connectivity index (χ2n) is 11.4. The van der Waals surface area contributed by atoms with E-state index < -0.39 is 141 Å². The van der Waals surface area contributed by atoms with Crippen LogP contribution < -0.4 is 5.73 Å². The van der Waals surface area contributed by atoms with Gasteiger partial charge < -0.3 is 69.6 Å². The van der Waals surface area contributed by atoms with Crippen molar-refractivity contribution < 1.29 is 139 Å². The number of hydrogen-bond donors (Lipinski definition) is 12. The first-order valence-electron chi connectivity index (χ1n) is 14.7. The van der Waals surface area contributed by atoms with Crippen molar-refractivity contribution in [2.75, 3.05) is 19.1 Å². The Morgan fingerprint density at radius 2 is 1.06 bits per heavy atom. The molecule has 0 aliphatic carbocycles. The molecule has 0 radical (unpaired) electrons. The summed E-state index contributed by atoms with van der Waals surface area (Å²) in [7, 11) is -35.1. The van der Waals surface area contributed by atoms with Gasteiger partial charge in [0.1, 0.15) is 30.2 Å². The van der Waals surface area contributed by atoms with Crippen molar-refractivity contribution in [1.29, 1.82) is 0 Å². The van der Waals surface area contributed by atoms with Crippen LogP contribution in [0, 0.1) is 25.8 Å². The van der Waals surface area contributed by atoms with E-state index in [1.807, 2.05) is 0 Å². The van der Waals surface area contributed by atoms with Crippen LogP contribution in [0.1, 0.15) is 12.5 Å². The molecular formula is C18H25F6N5O24P6S3. The zero-order valence-electron chi connectivity index (χ0n) is 28.8. The number of phosphoric acid groups is 6. The Hall–Kier alpha value is -1.14. The largest absolute Gasteiger partial charge is 0.490 e. The lowest BCUT2D eigenvalue weighted by Crippen LogP contribution is -2.45. The van der Waals surface area contributed by atoms with E-state index in [9.17, 15) is 65.0 Å². The Labute approximate surface area is 352 Å². The van der Waals surface area contributed by atoms with Crippen LogP contribution in [0.25, 0.3) is 0 Å². The van der Waals surface area contributed by atoms with Crippen molar-refractivity contribution >= 4 is 89.4 Å². The molecule has 12 atom stereocenters. The zero-order valence-corrected chi connectivity index (χ0v) is 36.6. The summed E-state index contributed by atoms with van der Waals surface area (Å²) in [5.74, 6) is -3.14. The van der Waals surface area contributed by atoms with Gasteiger partial charge in [0.15, 0.2) is 34.7 Å². The van der Waals surface area contributed by atoms with Crippen molar-refractivity contribution in [2.45, 2.75) is 48.6 Å². The van der Waals surface area contributed by atoms with Crippen LogP contribution >= 0.6 is 83.6 Å². The van der Waals surface area contributed by atoms with Gasteiger partial charge in [-0.2, -0.15) is 22.2 Å². The highest BCUT2D eigenvalue weighted by molar-refractivity contribution is 7.72. The Morgan fingerprint density at radius 1 is 0.694 bits per heavy atom. The van der Waals surface area contributed by atoms with Gasteiger partial charge in [0.05, 0.1) is 0 Å². The molecule has 2 aromatic heterocycles. The zero-order chi connectivity index (χ0) is 48.0. The summed E-state index contributed by atoms with van der Waals surface area (Å²) in [6.07, 6.45) is -14.4. The molecule has 2 aliphatic rings. The number of nitrogens with zero attached hydrogens (tertiary/aromatic N) is 3. The third kappa shape index (κ3) is 13.9. The number of aromatic amines is 1. The number of alkyl halides is 4. The maximum Gasteiger partial charge on any atom is 0.490 e. The molecular weight excluding hydrogens is 1070 g/mol. The summed E-state index contributed by atoms with van der Waals surface area (Å²) in [6, 6.07) is 0. The summed E-state index contributed by atoms with van der Waals surface area (Å²) in [4.78, 5) is 76.4. The normalized spacial score (nSPS) is 30.6. The molecule has 0 saturated carbocycles. The highest BCUT2D eigenvalue weighted by Gasteiger charge is 2.63. The third-order valence-corrected chi connectivity index (χ3v) is 15.4. The lowest BCUT2D eigenvalue weighted by molar-refractivity contribution is -0.136. The molecule has 0 spiro atoms. The van der Waals surface area contributed by atoms with E-state index in [0.717, 1.165) is 0 Å². The summed E-state index contributed by atoms with van der Waals surface area (Å²) in [5.41, 5.74) is -1.77. The number of rotatable bonds is 16. The first-order valence-corrected chi connectivity index (χ1v) is 24.9. The van der Waals surface area contributed by atoms with E-state index in [1.54, 1.807) is 0 Å². The quantitative estimate of drug-likeness (QED) is 0.0651. The molecule has 0 amide bonds. The van der Waals surface area contributed by atoms with Crippen molar-refractivity contribution in [3.63, 3.8) is 0 Å². The average molecular weight is 1090 g/mol. The second-order valence-corrected chi connectivity index (χ2v) is 21.3. The highest BCUT2D eigenvalue weighted by atomic mass is 32.1. The van der Waals surface area contributed by atoms with E-state index in [0.29, 0.717) is 21.5 Å². The van der Waals surface area contributed by atoms with Gasteiger partial charge in [-0.25, -0.2) is 53.7 Å². The topological polar surface area (TPSA) is 443 Å². The van der Waals surface area contributed by atoms with Crippen LogP contribution in [-0.4, -0.2) is 118 Å². The van der Waals surface area contributed by atoms with E-state index in [4.69, 9.17) is 69.0 Å². The summed E-state index contributed by atoms with van der Waals surface area (Å²) >= 11 is 14.1. The minimum Gasteiger partial charge on any atom is -0.384 e. The van der Waals surface area contributed by atoms with Gasteiger partial charge >= 0.3 is 46.9 Å². The second kappa shape index (κ2) is 19.6. The molecule has 6 unspecified atom stereocenters. The van der Waals surface area contributed by atoms with E-state index in [2.05, 4.69) is 48.5 Å². The number of halogens is 6. The van der Waals surface area contributed by atoms with Crippen LogP contribution in [-0.2, 0) is 63.2 Å². The molecule has 2 fully saturated rings. The highest BCUT2D eigenvalue weighted by Crippen LogP contribution is 2.68. The molecule has 62 heavy (non-hydrogen) atoms. The van der Waals surface area contributed by atoms with Gasteiger partial charge in [0, 0.05) is 12.4 Å². The molecule has 2 aromatic rings. The van der Waals surface area contributed by atoms with Crippen LogP contribution in [0.3, 0.4) is 0 Å². The number of H-pyrrole nitrogens is 1. The summed E-state index contributed by atoms with van der Waals surface area (Å²) in [6.45, 7) is -4.06. The molecule has 2 aliphatic heterocycles. The number of ether oxygens (including phenoxy) is 2. The number of nitrogen functional groups attached to an aromatic ring is 1. The molecule has 356 valence electrons. The molecule has 29 nitrogen and oxygen atoms in total. The van der Waals surface area contributed by atoms with Gasteiger partial charge in [-0.05, 0) is 24.4 Å². The maximum atomic E-state index is 15.1. The lowest BCUT2D eigenvalue weighted by atomic mass is 10.0. The van der Waals surface area contributed by atoms with E-state index >= 15 is 8.78 Å². The molecule has 2 saturated heterocycles. The van der Waals surface area contributed by atoms with Crippen molar-refractivity contribution in [3.8, 4) is 0 Å². The van der Waals surface area contributed by atoms with Crippen molar-refractivity contribution in [3.05, 3.63) is 38.2 Å². The van der Waals surface area contributed by atoms with Gasteiger partial charge in [-0.3, -0.25) is 18.2 Å². The Morgan fingerprint density at radius 3 is 1.44 bits per heavy atom. The third-order valence-electron chi connectivity index (χ3n) is 6.93. The van der Waals surface area contributed by atoms with Crippen LogP contribution in [0.5, 0.6) is 0 Å². The van der Waals surface area contributed by atoms with E-state index in [1.165, 1.54) is 0 Å². The fourth-order valence-corrected chi connectivity index (χ4v) is 11.4. The lowest BCUT2D eigenvalue weighted by Gasteiger charge is -2.26. The van der Waals surface area contributed by atoms with Crippen molar-refractivity contribution in [1.82, 2.24) is 19.1 Å². The summed E-state index contributed by atoms with van der Waals surface area (Å²) < 4.78 is 183. The SMILES string of the molecule is Nc1nc(=S)n([C@@H]2O[C@H](OP(=O)(O)OP(=O)(O)OP(=O)(O)O)[C@H](O)C2(F)CF)cc1F.O=P(O)(O)OP(=O)(O)OP(=O)(O)O[C@H]1O[C@@H](n2cc(F)c(=S)[nH]c2=S)C(F)(CF)[C@H]1O. The number of hydrogen-bond acceptors (Lipinski definition) is 21. The number of nitrogens with two attached hydrogens (primary N) is 1. The van der Waals surface area contributed by atoms with Crippen molar-refractivity contribution in [2.24, 2.45) is 0 Å². The average Bonchev–Trinajstić information content (AvgIpc) is 3.45. The predicted octanol–water partition coefficient (Wildman–Crippen LogP) is 2.22. The molecule has 4 heterocycles. The summed E-state index contributed by atoms with van der Waals surface area (Å²) in [5, 5.41) is 20.0. The Bertz CT molecular complexity index is 2500. The fourth-order valence-electron chi connectivity index (χ4n) is 4.54. The van der Waals surface area contributed by atoms with Gasteiger partial charge in [0.2, 0.25) is 28.7 Å². The van der Waals surface area contributed by atoms with Gasteiger partial charge in [-0.1, -0.05) is 12.2 Å². The smallest absolute Gasteiger partial charge is 0.384 e. The Kier molecular flexibility index (Phi) is 17.4. The number of anilines is 1. The number of aromatic nitrogens is 4. The van der Waals surface area contributed by atoms with Gasteiger partial charge in [-0.15, -0.1) is 0 Å². The van der Waals surface area contributed by atoms with Crippen LogP contribution in [0.4, 0.5) is 32.2 Å². The van der Waals surface area contributed by atoms with Gasteiger partial charge in [0.25, 0.3) is 0 Å². The van der Waals surface area contributed by atoms with E-state index in [-0.39, 0.29) is 0 Å². The fraction of sp³-hybridized carbons (Fsp3) is 0.556. The number of aliphatic hydroxyl groups excluding tert-OH is 2. The Balaban J connectivity index is 0.000000330. The number of nitrogens with one attached hydrogen (secondary N) is 1. The first kappa shape index (κ1) is 55.2. The molecule has 0 bridgehead atoms. The first-order chi connectivity index (χ1) is 27.8. The molecule has 13 N–H and O–H groups in total. The predicted molar refractivity (Wildman–Crippen MR) is 187 cm³/mol. The molecule has 0 aromatic carbocycles. The van der Waals surface area contributed by atoms with Crippen LogP contribution in [0.2, 0.25) is 0 Å². The maximum absolute atomic E-state index is 15.1. The monoisotopic (exact) mass is 1090 g/mol.